The Morgan fingerprint density at radius 2 is 1.53 bits per heavy atom. The van der Waals surface area contributed by atoms with Crippen LogP contribution in [0.4, 0.5) is 0 Å². The Hall–Kier alpha value is -0.160. The molecule has 0 bridgehead atoms. The van der Waals surface area contributed by atoms with Gasteiger partial charge in [0.2, 0.25) is 0 Å². The van der Waals surface area contributed by atoms with Crippen molar-refractivity contribution in [2.45, 2.75) is 137 Å². The minimum absolute atomic E-state index is 0.115. The normalized spacial score (nSPS) is 44.2. The third-order valence-corrected chi connectivity index (χ3v) is 12.2. The number of rotatable bonds is 10. The molecule has 210 valence electrons. The lowest BCUT2D eigenvalue weighted by Gasteiger charge is -2.62. The quantitative estimate of drug-likeness (QED) is 0.275. The lowest BCUT2D eigenvalue weighted by atomic mass is 9.43. The third kappa shape index (κ3) is 5.58. The molecule has 0 spiro atoms. The predicted molar refractivity (Wildman–Crippen MR) is 151 cm³/mol. The molecule has 4 N–H and O–H groups in total. The molecule has 4 fully saturated rings. The second-order valence-electron chi connectivity index (χ2n) is 14.9. The second-order valence-corrected chi connectivity index (χ2v) is 14.9. The molecular formula is C32H60N2O2. The van der Waals surface area contributed by atoms with E-state index in [0.717, 1.165) is 38.3 Å². The van der Waals surface area contributed by atoms with Gasteiger partial charge in [0.15, 0.2) is 0 Å². The average Bonchev–Trinajstić information content (AvgIpc) is 3.17. The van der Waals surface area contributed by atoms with E-state index in [1.165, 1.54) is 44.9 Å². The van der Waals surface area contributed by atoms with Gasteiger partial charge in [0, 0.05) is 25.2 Å². The number of fused-ring (bicyclic) bond motifs is 5. The highest BCUT2D eigenvalue weighted by Crippen LogP contribution is 2.68. The maximum absolute atomic E-state index is 11.7. The van der Waals surface area contributed by atoms with E-state index in [9.17, 15) is 10.2 Å². The largest absolute Gasteiger partial charge is 0.393 e. The zero-order chi connectivity index (χ0) is 26.3. The van der Waals surface area contributed by atoms with Gasteiger partial charge in [-0.05, 0) is 116 Å². The monoisotopic (exact) mass is 504 g/mol. The van der Waals surface area contributed by atoms with Crippen LogP contribution >= 0.6 is 0 Å². The molecule has 4 aliphatic carbocycles. The standard InChI is InChI=1S/C32H60N2O2/c1-20(2)28(35)11-8-22(5)25-9-10-26-30-27(13-15-32(25,26)7)31(6)14-12-24(18-23(31)19-29(30)36)34-17-16-33-21(3)4/h20-30,33-36H,8-19H2,1-7H3/t22-,23-,24?,25?,26?,27?,28-,29-,30?,31+,32-/m1/s1. The van der Waals surface area contributed by atoms with Gasteiger partial charge in [0.05, 0.1) is 12.2 Å². The van der Waals surface area contributed by atoms with Crippen LogP contribution in [0, 0.1) is 52.3 Å². The van der Waals surface area contributed by atoms with Crippen LogP contribution in [-0.2, 0) is 0 Å². The molecule has 0 saturated heterocycles. The van der Waals surface area contributed by atoms with E-state index in [4.69, 9.17) is 0 Å². The van der Waals surface area contributed by atoms with E-state index in [1.54, 1.807) is 0 Å². The van der Waals surface area contributed by atoms with Gasteiger partial charge in [0.25, 0.3) is 0 Å². The van der Waals surface area contributed by atoms with Gasteiger partial charge in [-0.3, -0.25) is 0 Å². The van der Waals surface area contributed by atoms with Crippen LogP contribution in [-0.4, -0.2) is 47.6 Å². The van der Waals surface area contributed by atoms with Crippen molar-refractivity contribution in [3.63, 3.8) is 0 Å². The molecule has 0 heterocycles. The highest BCUT2D eigenvalue weighted by Gasteiger charge is 2.62. The van der Waals surface area contributed by atoms with Crippen molar-refractivity contribution in [2.75, 3.05) is 13.1 Å². The molecule has 0 aromatic carbocycles. The maximum atomic E-state index is 11.7. The summed E-state index contributed by atoms with van der Waals surface area (Å²) in [6, 6.07) is 1.17. The van der Waals surface area contributed by atoms with Crippen molar-refractivity contribution >= 4 is 0 Å². The predicted octanol–water partition coefficient (Wildman–Crippen LogP) is 6.01. The Bertz CT molecular complexity index is 712. The smallest absolute Gasteiger partial charge is 0.0577 e. The van der Waals surface area contributed by atoms with Crippen LogP contribution in [0.2, 0.25) is 0 Å². The van der Waals surface area contributed by atoms with E-state index < -0.39 is 0 Å². The first kappa shape index (κ1) is 28.8. The van der Waals surface area contributed by atoms with E-state index in [0.29, 0.717) is 58.4 Å². The molecule has 4 rings (SSSR count). The molecule has 4 saturated carbocycles. The molecular weight excluding hydrogens is 444 g/mol. The van der Waals surface area contributed by atoms with Gasteiger partial charge in [-0.2, -0.15) is 0 Å². The molecule has 4 aliphatic rings. The average molecular weight is 505 g/mol. The molecule has 0 radical (unpaired) electrons. The van der Waals surface area contributed by atoms with E-state index in [2.05, 4.69) is 59.1 Å². The first-order valence-electron chi connectivity index (χ1n) is 15.8. The number of hydrogen-bond acceptors (Lipinski definition) is 4. The molecule has 36 heavy (non-hydrogen) atoms. The summed E-state index contributed by atoms with van der Waals surface area (Å²) in [5, 5.41) is 29.5. The van der Waals surface area contributed by atoms with Crippen LogP contribution in [0.5, 0.6) is 0 Å². The summed E-state index contributed by atoms with van der Waals surface area (Å²) < 4.78 is 0. The summed E-state index contributed by atoms with van der Waals surface area (Å²) in [5.41, 5.74) is 0.778. The van der Waals surface area contributed by atoms with Gasteiger partial charge < -0.3 is 20.8 Å². The summed E-state index contributed by atoms with van der Waals surface area (Å²) in [6.07, 6.45) is 12.0. The SMILES string of the molecule is CC(C)NCCNC1CC[C@]2(C)C3CC[C@@]4(C)C(CCC4[C@H](C)CC[C@@H](O)C(C)C)C3[C@H](O)C[C@H]2C1. The third-order valence-electron chi connectivity index (χ3n) is 12.2. The van der Waals surface area contributed by atoms with E-state index >= 15 is 0 Å². The highest BCUT2D eigenvalue weighted by molar-refractivity contribution is 5.12. The van der Waals surface area contributed by atoms with Crippen LogP contribution in [0.3, 0.4) is 0 Å². The summed E-state index contributed by atoms with van der Waals surface area (Å²) >= 11 is 0. The van der Waals surface area contributed by atoms with Crippen molar-refractivity contribution in [2.24, 2.45) is 52.3 Å². The molecule has 11 atom stereocenters. The van der Waals surface area contributed by atoms with Gasteiger partial charge in [-0.1, -0.05) is 48.5 Å². The fourth-order valence-corrected chi connectivity index (χ4v) is 9.99. The minimum atomic E-state index is -0.165. The van der Waals surface area contributed by atoms with E-state index in [1.807, 2.05) is 0 Å². The lowest BCUT2D eigenvalue weighted by Crippen LogP contribution is -2.59. The van der Waals surface area contributed by atoms with Crippen molar-refractivity contribution in [1.29, 1.82) is 0 Å². The molecule has 4 heteroatoms. The Labute approximate surface area is 223 Å². The zero-order valence-corrected chi connectivity index (χ0v) is 24.7. The lowest BCUT2D eigenvalue weighted by molar-refractivity contribution is -0.167. The highest BCUT2D eigenvalue weighted by atomic mass is 16.3. The van der Waals surface area contributed by atoms with Crippen LogP contribution in [0.25, 0.3) is 0 Å². The summed E-state index contributed by atoms with van der Waals surface area (Å²) in [6.45, 7) is 18.4. The van der Waals surface area contributed by atoms with Crippen LogP contribution < -0.4 is 10.6 Å². The Kier molecular flexibility index (Phi) is 9.23. The van der Waals surface area contributed by atoms with Crippen molar-refractivity contribution < 1.29 is 10.2 Å². The minimum Gasteiger partial charge on any atom is -0.393 e. The molecule has 0 aromatic heterocycles. The van der Waals surface area contributed by atoms with Crippen LogP contribution in [0.15, 0.2) is 0 Å². The number of hydrogen-bond donors (Lipinski definition) is 4. The number of aliphatic hydroxyl groups is 2. The summed E-state index contributed by atoms with van der Waals surface area (Å²) in [7, 11) is 0. The molecule has 4 nitrogen and oxygen atoms in total. The van der Waals surface area contributed by atoms with E-state index in [-0.39, 0.29) is 12.2 Å². The summed E-state index contributed by atoms with van der Waals surface area (Å²) in [4.78, 5) is 0. The van der Waals surface area contributed by atoms with Crippen LogP contribution in [0.1, 0.15) is 113 Å². The van der Waals surface area contributed by atoms with Crippen molar-refractivity contribution in [3.8, 4) is 0 Å². The maximum Gasteiger partial charge on any atom is 0.0577 e. The number of aliphatic hydroxyl groups excluding tert-OH is 2. The van der Waals surface area contributed by atoms with Gasteiger partial charge in [-0.15, -0.1) is 0 Å². The zero-order valence-electron chi connectivity index (χ0n) is 24.7. The molecule has 0 amide bonds. The van der Waals surface area contributed by atoms with Crippen molar-refractivity contribution in [1.82, 2.24) is 10.6 Å². The molecule has 0 aromatic rings. The Balaban J connectivity index is 1.39. The number of nitrogens with one attached hydrogen (secondary N) is 2. The summed E-state index contributed by atoms with van der Waals surface area (Å²) in [5.74, 6) is 4.32. The topological polar surface area (TPSA) is 64.5 Å². The first-order chi connectivity index (χ1) is 17.0. The Morgan fingerprint density at radius 3 is 2.22 bits per heavy atom. The van der Waals surface area contributed by atoms with Gasteiger partial charge in [0.1, 0.15) is 0 Å². The molecule has 5 unspecified atom stereocenters. The fraction of sp³-hybridized carbons (Fsp3) is 1.00. The Morgan fingerprint density at radius 1 is 0.833 bits per heavy atom. The second kappa shape index (κ2) is 11.5. The van der Waals surface area contributed by atoms with Crippen molar-refractivity contribution in [3.05, 3.63) is 0 Å². The molecule has 0 aliphatic heterocycles. The fourth-order valence-electron chi connectivity index (χ4n) is 9.99. The first-order valence-corrected chi connectivity index (χ1v) is 15.8. The van der Waals surface area contributed by atoms with Gasteiger partial charge >= 0.3 is 0 Å². The van der Waals surface area contributed by atoms with Gasteiger partial charge in [-0.25, -0.2) is 0 Å².